The zero-order valence-electron chi connectivity index (χ0n) is 8.55. The molecule has 1 fully saturated rings. The van der Waals surface area contributed by atoms with E-state index in [9.17, 15) is 4.79 Å². The number of ether oxygens (including phenoxy) is 2. The second kappa shape index (κ2) is 5.06. The zero-order valence-corrected chi connectivity index (χ0v) is 8.55. The first-order valence-electron chi connectivity index (χ1n) is 4.94. The van der Waals surface area contributed by atoms with E-state index in [1.807, 2.05) is 0 Å². The monoisotopic (exact) mass is 227 g/mol. The molecule has 1 aromatic rings. The van der Waals surface area contributed by atoms with Crippen molar-refractivity contribution >= 4 is 5.82 Å². The van der Waals surface area contributed by atoms with Crippen molar-refractivity contribution in [3.63, 3.8) is 0 Å². The van der Waals surface area contributed by atoms with Gasteiger partial charge < -0.3 is 24.9 Å². The van der Waals surface area contributed by atoms with Gasteiger partial charge in [-0.15, -0.1) is 0 Å². The minimum atomic E-state index is -0.421. The summed E-state index contributed by atoms with van der Waals surface area (Å²) < 4.78 is 10.7. The minimum absolute atomic E-state index is 0.0595. The molecule has 3 N–H and O–H groups in total. The average molecular weight is 227 g/mol. The summed E-state index contributed by atoms with van der Waals surface area (Å²) in [4.78, 5) is 17.0. The van der Waals surface area contributed by atoms with Crippen molar-refractivity contribution in [2.75, 3.05) is 25.1 Å². The molecular weight excluding hydrogens is 214 g/mol. The van der Waals surface area contributed by atoms with E-state index in [-0.39, 0.29) is 18.9 Å². The Labute approximate surface area is 91.4 Å². The number of rotatable bonds is 3. The first-order valence-corrected chi connectivity index (χ1v) is 4.94. The molecular formula is C9H13N3O4. The highest BCUT2D eigenvalue weighted by molar-refractivity contribution is 5.32. The Kier molecular flexibility index (Phi) is 3.50. The number of aromatic amines is 1. The molecule has 2 rings (SSSR count). The highest BCUT2D eigenvalue weighted by Gasteiger charge is 2.21. The lowest BCUT2D eigenvalue weighted by molar-refractivity contribution is -0.135. The van der Waals surface area contributed by atoms with E-state index in [4.69, 9.17) is 14.6 Å². The molecule has 1 aliphatic heterocycles. The second-order valence-electron chi connectivity index (χ2n) is 3.38. The normalized spacial score (nSPS) is 25.3. The van der Waals surface area contributed by atoms with Crippen LogP contribution in [0.2, 0.25) is 0 Å². The third kappa shape index (κ3) is 2.78. The maximum atomic E-state index is 10.9. The largest absolute Gasteiger partial charge is 0.394 e. The second-order valence-corrected chi connectivity index (χ2v) is 3.38. The molecule has 1 saturated heterocycles. The van der Waals surface area contributed by atoms with Crippen LogP contribution in [-0.4, -0.2) is 47.2 Å². The van der Waals surface area contributed by atoms with Gasteiger partial charge in [-0.2, -0.15) is 4.98 Å². The molecule has 1 aromatic heterocycles. The van der Waals surface area contributed by atoms with Gasteiger partial charge >= 0.3 is 5.69 Å². The summed E-state index contributed by atoms with van der Waals surface area (Å²) in [5.74, 6) is 0.430. The van der Waals surface area contributed by atoms with Gasteiger partial charge in [-0.3, -0.25) is 0 Å². The van der Waals surface area contributed by atoms with Gasteiger partial charge in [0.15, 0.2) is 6.23 Å². The number of aliphatic hydroxyl groups excluding tert-OH is 1. The Hall–Kier alpha value is -1.44. The zero-order chi connectivity index (χ0) is 11.4. The fourth-order valence-electron chi connectivity index (χ4n) is 1.35. The van der Waals surface area contributed by atoms with E-state index in [0.717, 1.165) is 0 Å². The van der Waals surface area contributed by atoms with Crippen LogP contribution in [0.5, 0.6) is 0 Å². The lowest BCUT2D eigenvalue weighted by Gasteiger charge is -2.29. The Morgan fingerprint density at radius 1 is 1.56 bits per heavy atom. The van der Waals surface area contributed by atoms with Gasteiger partial charge in [0.2, 0.25) is 0 Å². The summed E-state index contributed by atoms with van der Waals surface area (Å²) in [6.07, 6.45) is 0.875. The fraction of sp³-hybridized carbons (Fsp3) is 0.556. The van der Waals surface area contributed by atoms with E-state index in [1.54, 1.807) is 6.07 Å². The Bertz CT molecular complexity index is 386. The van der Waals surface area contributed by atoms with Crippen molar-refractivity contribution in [1.29, 1.82) is 0 Å². The number of hydrogen-bond acceptors (Lipinski definition) is 6. The van der Waals surface area contributed by atoms with Gasteiger partial charge in [-0.05, 0) is 6.07 Å². The number of hydrogen-bond donors (Lipinski definition) is 3. The summed E-state index contributed by atoms with van der Waals surface area (Å²) in [5, 5.41) is 11.7. The Morgan fingerprint density at radius 2 is 2.44 bits per heavy atom. The first kappa shape index (κ1) is 11.1. The topological polar surface area (TPSA) is 96.5 Å². The Balaban J connectivity index is 1.89. The molecule has 0 amide bonds. The van der Waals surface area contributed by atoms with E-state index < -0.39 is 5.69 Å². The fourth-order valence-corrected chi connectivity index (χ4v) is 1.35. The number of aliphatic hydroxyl groups is 1. The predicted octanol–water partition coefficient (Wildman–Crippen LogP) is -1.08. The number of nitrogens with zero attached hydrogens (tertiary/aromatic N) is 1. The standard InChI is InChI=1S/C9H13N3O4/c13-3-6-4-16-8(5-15-6)11-7-1-2-10-9(14)12-7/h1-2,6,8,13H,3-5H2,(H2,10,11,12,14). The summed E-state index contributed by atoms with van der Waals surface area (Å²) in [6, 6.07) is 1.63. The number of aromatic nitrogens is 2. The van der Waals surface area contributed by atoms with Crippen molar-refractivity contribution in [2.24, 2.45) is 0 Å². The molecule has 0 bridgehead atoms. The minimum Gasteiger partial charge on any atom is -0.394 e. The first-order chi connectivity index (χ1) is 7.78. The molecule has 7 heteroatoms. The molecule has 0 spiro atoms. The number of anilines is 1. The van der Waals surface area contributed by atoms with Gasteiger partial charge in [0.05, 0.1) is 19.8 Å². The third-order valence-electron chi connectivity index (χ3n) is 2.15. The van der Waals surface area contributed by atoms with Crippen LogP contribution in [0.15, 0.2) is 17.1 Å². The molecule has 16 heavy (non-hydrogen) atoms. The maximum absolute atomic E-state index is 10.9. The summed E-state index contributed by atoms with van der Waals surface area (Å²) >= 11 is 0. The van der Waals surface area contributed by atoms with E-state index in [2.05, 4.69) is 15.3 Å². The lowest BCUT2D eigenvalue weighted by atomic mass is 10.3. The van der Waals surface area contributed by atoms with E-state index >= 15 is 0 Å². The molecule has 2 unspecified atom stereocenters. The van der Waals surface area contributed by atoms with Gasteiger partial charge in [0, 0.05) is 6.20 Å². The predicted molar refractivity (Wildman–Crippen MR) is 55.0 cm³/mol. The van der Waals surface area contributed by atoms with Gasteiger partial charge in [-0.25, -0.2) is 4.79 Å². The summed E-state index contributed by atoms with van der Waals surface area (Å²) in [5.41, 5.74) is -0.421. The van der Waals surface area contributed by atoms with Crippen molar-refractivity contribution < 1.29 is 14.6 Å². The van der Waals surface area contributed by atoms with Gasteiger partial charge in [0.1, 0.15) is 11.9 Å². The van der Waals surface area contributed by atoms with Crippen LogP contribution in [0.1, 0.15) is 0 Å². The van der Waals surface area contributed by atoms with Crippen molar-refractivity contribution in [1.82, 2.24) is 9.97 Å². The van der Waals surface area contributed by atoms with Crippen LogP contribution in [0.4, 0.5) is 5.82 Å². The van der Waals surface area contributed by atoms with Crippen LogP contribution >= 0.6 is 0 Å². The molecule has 0 aromatic carbocycles. The maximum Gasteiger partial charge on any atom is 0.346 e. The van der Waals surface area contributed by atoms with Crippen LogP contribution in [-0.2, 0) is 9.47 Å². The molecule has 0 radical (unpaired) electrons. The highest BCUT2D eigenvalue weighted by Crippen LogP contribution is 2.09. The van der Waals surface area contributed by atoms with E-state index in [0.29, 0.717) is 19.0 Å². The molecule has 2 heterocycles. The third-order valence-corrected chi connectivity index (χ3v) is 2.15. The van der Waals surface area contributed by atoms with Crippen LogP contribution in [0.25, 0.3) is 0 Å². The Morgan fingerprint density at radius 3 is 3.06 bits per heavy atom. The number of H-pyrrole nitrogens is 1. The smallest absolute Gasteiger partial charge is 0.346 e. The van der Waals surface area contributed by atoms with Crippen molar-refractivity contribution in [3.8, 4) is 0 Å². The van der Waals surface area contributed by atoms with Gasteiger partial charge in [-0.1, -0.05) is 0 Å². The van der Waals surface area contributed by atoms with Crippen LogP contribution < -0.4 is 11.0 Å². The van der Waals surface area contributed by atoms with Crippen molar-refractivity contribution in [2.45, 2.75) is 12.3 Å². The molecule has 1 aliphatic rings. The van der Waals surface area contributed by atoms with Crippen LogP contribution in [0, 0.1) is 0 Å². The van der Waals surface area contributed by atoms with Crippen molar-refractivity contribution in [3.05, 3.63) is 22.7 Å². The summed E-state index contributed by atoms with van der Waals surface area (Å²) in [6.45, 7) is 0.563. The number of nitrogens with one attached hydrogen (secondary N) is 2. The molecule has 88 valence electrons. The SMILES string of the molecule is O=c1nc(NC2COC(CO)CO2)cc[nH]1. The molecule has 0 saturated carbocycles. The molecule has 0 aliphatic carbocycles. The highest BCUT2D eigenvalue weighted by atomic mass is 16.6. The molecule has 2 atom stereocenters. The quantitative estimate of drug-likeness (QED) is 0.607. The summed E-state index contributed by atoms with van der Waals surface area (Å²) in [7, 11) is 0. The molecule has 7 nitrogen and oxygen atoms in total. The van der Waals surface area contributed by atoms with E-state index in [1.165, 1.54) is 6.20 Å². The van der Waals surface area contributed by atoms with Crippen LogP contribution in [0.3, 0.4) is 0 Å². The average Bonchev–Trinajstić information content (AvgIpc) is 2.30. The van der Waals surface area contributed by atoms with Gasteiger partial charge in [0.25, 0.3) is 0 Å². The lowest BCUT2D eigenvalue weighted by Crippen LogP contribution is -2.41.